The van der Waals surface area contributed by atoms with Gasteiger partial charge in [-0.1, -0.05) is 13.8 Å². The summed E-state index contributed by atoms with van der Waals surface area (Å²) in [5.74, 6) is 1.41. The predicted molar refractivity (Wildman–Crippen MR) is 87.0 cm³/mol. The van der Waals surface area contributed by atoms with Gasteiger partial charge in [0.05, 0.1) is 19.8 Å². The van der Waals surface area contributed by atoms with Gasteiger partial charge < -0.3 is 24.8 Å². The average molecular weight is 303 g/mol. The molecule has 0 saturated carbocycles. The van der Waals surface area contributed by atoms with Gasteiger partial charge in [-0.05, 0) is 19.3 Å². The van der Waals surface area contributed by atoms with Crippen molar-refractivity contribution < 1.29 is 14.2 Å². The molecule has 0 aliphatic carbocycles. The van der Waals surface area contributed by atoms with Crippen LogP contribution in [0.3, 0.4) is 0 Å². The fraction of sp³-hybridized carbons (Fsp3) is 0.933. The van der Waals surface area contributed by atoms with Gasteiger partial charge in [0.15, 0.2) is 5.96 Å². The summed E-state index contributed by atoms with van der Waals surface area (Å²) in [6, 6.07) is 0. The van der Waals surface area contributed by atoms with Crippen LogP contribution in [-0.2, 0) is 14.2 Å². The first-order chi connectivity index (χ1) is 10.2. The van der Waals surface area contributed by atoms with Gasteiger partial charge >= 0.3 is 0 Å². The molecule has 21 heavy (non-hydrogen) atoms. The lowest BCUT2D eigenvalue weighted by Gasteiger charge is -2.12. The number of methoxy groups -OCH3 is 1. The number of hydrogen-bond acceptors (Lipinski definition) is 4. The standard InChI is InChI=1S/C15H33N3O3/c1-5-16-15(18-8-10-21-13-14(2)3)17-7-6-9-20-12-11-19-4/h14H,5-13H2,1-4H3,(H2,16,17,18). The monoisotopic (exact) mass is 303 g/mol. The average Bonchev–Trinajstić information content (AvgIpc) is 2.45. The topological polar surface area (TPSA) is 64.1 Å². The number of guanidine groups is 1. The molecule has 0 aromatic carbocycles. The number of aliphatic imine (C=N–C) groups is 1. The quantitative estimate of drug-likeness (QED) is 0.305. The van der Waals surface area contributed by atoms with Crippen molar-refractivity contribution in [1.29, 1.82) is 0 Å². The molecule has 0 bridgehead atoms. The molecule has 0 aromatic rings. The fourth-order valence-electron chi connectivity index (χ4n) is 1.50. The second kappa shape index (κ2) is 15.5. The van der Waals surface area contributed by atoms with Gasteiger partial charge in [-0.2, -0.15) is 0 Å². The van der Waals surface area contributed by atoms with Crippen LogP contribution in [0, 0.1) is 5.92 Å². The van der Waals surface area contributed by atoms with Crippen molar-refractivity contribution in [2.45, 2.75) is 27.2 Å². The van der Waals surface area contributed by atoms with Crippen molar-refractivity contribution in [2.75, 3.05) is 59.8 Å². The third-order valence-corrected chi connectivity index (χ3v) is 2.48. The lowest BCUT2D eigenvalue weighted by molar-refractivity contribution is 0.0702. The highest BCUT2D eigenvalue weighted by Crippen LogP contribution is 1.91. The van der Waals surface area contributed by atoms with Gasteiger partial charge in [-0.25, -0.2) is 0 Å². The Morgan fingerprint density at radius 1 is 1.05 bits per heavy atom. The van der Waals surface area contributed by atoms with Crippen LogP contribution in [0.4, 0.5) is 0 Å². The van der Waals surface area contributed by atoms with E-state index in [-0.39, 0.29) is 0 Å². The zero-order valence-corrected chi connectivity index (χ0v) is 14.1. The third kappa shape index (κ3) is 15.4. The second-order valence-corrected chi connectivity index (χ2v) is 5.11. The molecule has 0 radical (unpaired) electrons. The van der Waals surface area contributed by atoms with Gasteiger partial charge in [-0.15, -0.1) is 0 Å². The highest BCUT2D eigenvalue weighted by molar-refractivity contribution is 5.79. The summed E-state index contributed by atoms with van der Waals surface area (Å²) >= 11 is 0. The minimum absolute atomic E-state index is 0.574. The maximum absolute atomic E-state index is 5.53. The molecule has 126 valence electrons. The molecule has 6 nitrogen and oxygen atoms in total. The Morgan fingerprint density at radius 2 is 1.86 bits per heavy atom. The lowest BCUT2D eigenvalue weighted by Crippen LogP contribution is -2.39. The second-order valence-electron chi connectivity index (χ2n) is 5.11. The van der Waals surface area contributed by atoms with E-state index >= 15 is 0 Å². The zero-order chi connectivity index (χ0) is 15.8. The van der Waals surface area contributed by atoms with E-state index in [0.29, 0.717) is 32.3 Å². The molecule has 0 saturated heterocycles. The molecule has 2 N–H and O–H groups in total. The molecule has 0 atom stereocenters. The largest absolute Gasteiger partial charge is 0.382 e. The van der Waals surface area contributed by atoms with Crippen molar-refractivity contribution in [3.05, 3.63) is 0 Å². The lowest BCUT2D eigenvalue weighted by atomic mass is 10.2. The molecule has 0 rings (SSSR count). The van der Waals surface area contributed by atoms with Gasteiger partial charge in [0.2, 0.25) is 0 Å². The molecular formula is C15H33N3O3. The van der Waals surface area contributed by atoms with Crippen LogP contribution in [0.2, 0.25) is 0 Å². The van der Waals surface area contributed by atoms with Crippen molar-refractivity contribution in [3.8, 4) is 0 Å². The third-order valence-electron chi connectivity index (χ3n) is 2.48. The number of nitrogens with zero attached hydrogens (tertiary/aromatic N) is 1. The summed E-state index contributed by atoms with van der Waals surface area (Å²) in [7, 11) is 1.67. The molecule has 0 unspecified atom stereocenters. The molecule has 0 aliphatic rings. The highest BCUT2D eigenvalue weighted by atomic mass is 16.5. The first-order valence-electron chi connectivity index (χ1n) is 7.87. The minimum atomic E-state index is 0.574. The first-order valence-corrected chi connectivity index (χ1v) is 7.87. The van der Waals surface area contributed by atoms with Crippen molar-refractivity contribution in [1.82, 2.24) is 10.6 Å². The Labute approximate surface area is 129 Å². The Morgan fingerprint density at radius 3 is 2.52 bits per heavy atom. The molecule has 0 heterocycles. The van der Waals surface area contributed by atoms with Crippen LogP contribution in [0.5, 0.6) is 0 Å². The maximum Gasteiger partial charge on any atom is 0.191 e. The van der Waals surface area contributed by atoms with E-state index in [1.54, 1.807) is 7.11 Å². The Bertz CT molecular complexity index is 248. The Balaban J connectivity index is 3.65. The van der Waals surface area contributed by atoms with E-state index in [9.17, 15) is 0 Å². The van der Waals surface area contributed by atoms with Crippen LogP contribution in [0.15, 0.2) is 4.99 Å². The van der Waals surface area contributed by atoms with Gasteiger partial charge in [-0.3, -0.25) is 4.99 Å². The zero-order valence-electron chi connectivity index (χ0n) is 14.1. The summed E-state index contributed by atoms with van der Waals surface area (Å²) in [6.45, 7) is 12.2. The van der Waals surface area contributed by atoms with Crippen molar-refractivity contribution in [3.63, 3.8) is 0 Å². The number of hydrogen-bond donors (Lipinski definition) is 2. The van der Waals surface area contributed by atoms with Crippen LogP contribution < -0.4 is 10.6 Å². The minimum Gasteiger partial charge on any atom is -0.382 e. The van der Waals surface area contributed by atoms with E-state index in [2.05, 4.69) is 36.4 Å². The van der Waals surface area contributed by atoms with Crippen molar-refractivity contribution >= 4 is 5.96 Å². The molecule has 0 aliphatic heterocycles. The first kappa shape index (κ1) is 20.1. The summed E-state index contributed by atoms with van der Waals surface area (Å²) in [4.78, 5) is 4.49. The van der Waals surface area contributed by atoms with E-state index in [4.69, 9.17) is 14.2 Å². The van der Waals surface area contributed by atoms with Crippen LogP contribution >= 0.6 is 0 Å². The molecule has 0 spiro atoms. The summed E-state index contributed by atoms with van der Waals surface area (Å²) < 4.78 is 15.8. The van der Waals surface area contributed by atoms with E-state index in [1.807, 2.05) is 0 Å². The highest BCUT2D eigenvalue weighted by Gasteiger charge is 1.97. The van der Waals surface area contributed by atoms with Crippen LogP contribution in [0.1, 0.15) is 27.2 Å². The van der Waals surface area contributed by atoms with E-state index in [1.165, 1.54) is 0 Å². The molecule has 6 heteroatoms. The summed E-state index contributed by atoms with van der Waals surface area (Å²) in [5.41, 5.74) is 0. The van der Waals surface area contributed by atoms with Gasteiger partial charge in [0.1, 0.15) is 0 Å². The van der Waals surface area contributed by atoms with Crippen molar-refractivity contribution in [2.24, 2.45) is 10.9 Å². The number of rotatable bonds is 13. The number of ether oxygens (including phenoxy) is 3. The van der Waals surface area contributed by atoms with Crippen LogP contribution in [-0.4, -0.2) is 65.7 Å². The van der Waals surface area contributed by atoms with Gasteiger partial charge in [0.25, 0.3) is 0 Å². The summed E-state index contributed by atoms with van der Waals surface area (Å²) in [5, 5.41) is 6.47. The molecule has 0 amide bonds. The Kier molecular flexibility index (Phi) is 14.9. The number of nitrogens with one attached hydrogen (secondary N) is 2. The fourth-order valence-corrected chi connectivity index (χ4v) is 1.50. The molecule has 0 aromatic heterocycles. The van der Waals surface area contributed by atoms with E-state index < -0.39 is 0 Å². The predicted octanol–water partition coefficient (Wildman–Crippen LogP) is 1.27. The van der Waals surface area contributed by atoms with E-state index in [0.717, 1.165) is 38.6 Å². The SMILES string of the molecule is CCNC(=NCCCOCCOC)NCCOCC(C)C. The Hall–Kier alpha value is -0.850. The normalized spacial score (nSPS) is 12.0. The maximum atomic E-state index is 5.53. The summed E-state index contributed by atoms with van der Waals surface area (Å²) in [6.07, 6.45) is 0.907. The smallest absolute Gasteiger partial charge is 0.191 e. The molecular weight excluding hydrogens is 270 g/mol. The molecule has 0 fully saturated rings. The van der Waals surface area contributed by atoms with Crippen LogP contribution in [0.25, 0.3) is 0 Å². The van der Waals surface area contributed by atoms with Gasteiger partial charge in [0, 0.05) is 40.0 Å².